The third kappa shape index (κ3) is 2.04. The number of hydrogen-bond donors (Lipinski definition) is 0. The van der Waals surface area contributed by atoms with E-state index in [-0.39, 0.29) is 0 Å². The summed E-state index contributed by atoms with van der Waals surface area (Å²) in [5, 5.41) is -1.15. The van der Waals surface area contributed by atoms with Gasteiger partial charge in [-0.25, -0.2) is 4.90 Å². The van der Waals surface area contributed by atoms with Crippen LogP contribution in [0.5, 0.6) is 0 Å². The maximum atomic E-state index is 11.9. The van der Waals surface area contributed by atoms with E-state index in [9.17, 15) is 12.8 Å². The predicted molar refractivity (Wildman–Crippen MR) is 28.7 cm³/mol. The van der Waals surface area contributed by atoms with Gasteiger partial charge in [-0.2, -0.15) is 12.8 Å². The van der Waals surface area contributed by atoms with Crippen molar-refractivity contribution >= 4 is 15.5 Å². The quantitative estimate of drug-likeness (QED) is 0.257. The average Bonchev–Trinajstić information content (AvgIpc) is 1.64. The van der Waals surface area contributed by atoms with Crippen LogP contribution in [0.2, 0.25) is 0 Å². The molecule has 0 unspecified atom stereocenters. The predicted octanol–water partition coefficient (Wildman–Crippen LogP) is -0.516. The van der Waals surface area contributed by atoms with Gasteiger partial charge in [-0.05, 0) is 14.1 Å². The molecule has 8 heavy (non-hydrogen) atoms. The molecule has 0 aliphatic rings. The van der Waals surface area contributed by atoms with Crippen LogP contribution in [0.1, 0.15) is 0 Å². The first kappa shape index (κ1) is 7.58. The van der Waals surface area contributed by atoms with Crippen molar-refractivity contribution in [1.29, 1.82) is 0 Å². The molecular formula is C3H6FNO2S. The van der Waals surface area contributed by atoms with Crippen LogP contribution in [0.4, 0.5) is 4.39 Å². The summed E-state index contributed by atoms with van der Waals surface area (Å²) in [4.78, 5) is 0.878. The van der Waals surface area contributed by atoms with Crippen LogP contribution in [0.25, 0.3) is 0 Å². The standard InChI is InChI=1S/C3H6FNO2S/c1-5(2)3(4)8(6)7/h1-2H3. The Balaban J connectivity index is 4.50. The average molecular weight is 139 g/mol. The zero-order chi connectivity index (χ0) is 6.73. The van der Waals surface area contributed by atoms with Crippen molar-refractivity contribution < 1.29 is 12.8 Å². The highest BCUT2D eigenvalue weighted by atomic mass is 32.2. The molecule has 0 heterocycles. The van der Waals surface area contributed by atoms with Crippen LogP contribution in [0.15, 0.2) is 0 Å². The summed E-state index contributed by atoms with van der Waals surface area (Å²) in [5.41, 5.74) is 0. The molecule has 3 nitrogen and oxygen atoms in total. The lowest BCUT2D eigenvalue weighted by Gasteiger charge is -1.97. The number of halogens is 1. The minimum absolute atomic E-state index is 0.878. The van der Waals surface area contributed by atoms with E-state index in [1.807, 2.05) is 0 Å². The first-order valence-electron chi connectivity index (χ1n) is 1.84. The first-order valence-corrected chi connectivity index (χ1v) is 2.92. The fraction of sp³-hybridized carbons (Fsp3) is 0.667. The molecule has 5 heteroatoms. The lowest BCUT2D eigenvalue weighted by molar-refractivity contribution is 0.539. The Bertz CT molecular complexity index is 185. The zero-order valence-corrected chi connectivity index (χ0v) is 5.37. The number of rotatable bonds is 0. The Labute approximate surface area is 48.3 Å². The lowest BCUT2D eigenvalue weighted by Crippen LogP contribution is -2.17. The molecule has 0 N–H and O–H groups in total. The molecule has 0 fully saturated rings. The monoisotopic (exact) mass is 139 g/mol. The first-order chi connectivity index (χ1) is 3.55. The van der Waals surface area contributed by atoms with E-state index in [1.54, 1.807) is 0 Å². The van der Waals surface area contributed by atoms with Gasteiger partial charge in [0.1, 0.15) is 0 Å². The molecule has 0 amide bonds. The van der Waals surface area contributed by atoms with Gasteiger partial charge in [0, 0.05) is 0 Å². The van der Waals surface area contributed by atoms with Crippen LogP contribution in [0, 0.1) is 0 Å². The highest BCUT2D eigenvalue weighted by Crippen LogP contribution is 1.78. The Morgan fingerprint density at radius 3 is 1.88 bits per heavy atom. The number of hydrogen-bond acceptors (Lipinski definition) is 2. The maximum absolute atomic E-state index is 11.9. The van der Waals surface area contributed by atoms with Crippen LogP contribution < -0.4 is 0 Å². The molecule has 0 aromatic carbocycles. The Morgan fingerprint density at radius 1 is 1.50 bits per heavy atom. The van der Waals surface area contributed by atoms with Gasteiger partial charge in [0.25, 0.3) is 15.5 Å². The third-order valence-corrected chi connectivity index (χ3v) is 1.13. The molecule has 48 valence electrons. The van der Waals surface area contributed by atoms with Crippen molar-refractivity contribution in [1.82, 2.24) is 4.90 Å². The van der Waals surface area contributed by atoms with E-state index in [0.717, 1.165) is 4.90 Å². The zero-order valence-electron chi connectivity index (χ0n) is 4.55. The molecule has 0 bridgehead atoms. The summed E-state index contributed by atoms with van der Waals surface area (Å²) in [6.45, 7) is 0. The van der Waals surface area contributed by atoms with Gasteiger partial charge < -0.3 is 0 Å². The van der Waals surface area contributed by atoms with E-state index in [0.29, 0.717) is 0 Å². The molecule has 0 aromatic heterocycles. The van der Waals surface area contributed by atoms with Gasteiger partial charge in [0.15, 0.2) is 0 Å². The molecule has 0 rings (SSSR count). The van der Waals surface area contributed by atoms with Crippen molar-refractivity contribution in [2.24, 2.45) is 0 Å². The van der Waals surface area contributed by atoms with Crippen molar-refractivity contribution in [2.45, 2.75) is 0 Å². The summed E-state index contributed by atoms with van der Waals surface area (Å²) in [6, 6.07) is 0. The van der Waals surface area contributed by atoms with E-state index >= 15 is 0 Å². The van der Waals surface area contributed by atoms with Gasteiger partial charge >= 0.3 is 0 Å². The second kappa shape index (κ2) is 2.78. The van der Waals surface area contributed by atoms with Crippen LogP contribution in [-0.2, 0) is 10.3 Å². The molecule has 0 radical (unpaired) electrons. The molecule has 0 aliphatic heterocycles. The number of nitrogens with zero attached hydrogens (tertiary/aromatic N) is 1. The highest BCUT2D eigenvalue weighted by molar-refractivity contribution is 7.72. The third-order valence-electron chi connectivity index (χ3n) is 0.489. The van der Waals surface area contributed by atoms with Gasteiger partial charge in [-0.3, -0.25) is 0 Å². The fourth-order valence-corrected chi connectivity index (χ4v) is 0.447. The SMILES string of the molecule is CN(C)C(F)=S(=O)=O. The highest BCUT2D eigenvalue weighted by Gasteiger charge is 1.98. The van der Waals surface area contributed by atoms with E-state index in [1.165, 1.54) is 14.1 Å². The normalized spacial score (nSPS) is 9.50. The van der Waals surface area contributed by atoms with Gasteiger partial charge in [0.05, 0.1) is 0 Å². The summed E-state index contributed by atoms with van der Waals surface area (Å²) in [7, 11) is -0.0932. The van der Waals surface area contributed by atoms with Crippen LogP contribution in [0.3, 0.4) is 0 Å². The molecule has 0 atom stereocenters. The molecule has 0 saturated heterocycles. The molecule has 0 spiro atoms. The molecular weight excluding hydrogens is 133 g/mol. The van der Waals surface area contributed by atoms with E-state index in [2.05, 4.69) is 0 Å². The van der Waals surface area contributed by atoms with E-state index in [4.69, 9.17) is 0 Å². The second-order valence-corrected chi connectivity index (χ2v) is 2.19. The molecule has 0 saturated carbocycles. The Morgan fingerprint density at radius 2 is 1.88 bits per heavy atom. The Hall–Kier alpha value is -0.420. The Kier molecular flexibility index (Phi) is 2.64. The van der Waals surface area contributed by atoms with Crippen molar-refractivity contribution in [3.8, 4) is 0 Å². The smallest absolute Gasteiger partial charge is 0.244 e. The summed E-state index contributed by atoms with van der Waals surface area (Å²) < 4.78 is 31.3. The minimum atomic E-state index is -2.71. The summed E-state index contributed by atoms with van der Waals surface area (Å²) in [6.07, 6.45) is 0. The van der Waals surface area contributed by atoms with Crippen LogP contribution >= 0.6 is 0 Å². The topological polar surface area (TPSA) is 37.4 Å². The van der Waals surface area contributed by atoms with Gasteiger partial charge in [-0.15, -0.1) is 0 Å². The van der Waals surface area contributed by atoms with Crippen LogP contribution in [-0.4, -0.2) is 32.7 Å². The lowest BCUT2D eigenvalue weighted by atomic mass is 11.0. The van der Waals surface area contributed by atoms with Crippen molar-refractivity contribution in [3.63, 3.8) is 0 Å². The minimum Gasteiger partial charge on any atom is -0.244 e. The summed E-state index contributed by atoms with van der Waals surface area (Å²) >= 11 is 0. The molecule has 0 aromatic rings. The summed E-state index contributed by atoms with van der Waals surface area (Å²) in [5.74, 6) is 0. The largest absolute Gasteiger partial charge is 0.289 e. The van der Waals surface area contributed by atoms with Gasteiger partial charge in [-0.1, -0.05) is 0 Å². The van der Waals surface area contributed by atoms with E-state index < -0.39 is 15.5 Å². The van der Waals surface area contributed by atoms with Gasteiger partial charge in [0.2, 0.25) is 0 Å². The maximum Gasteiger partial charge on any atom is 0.289 e. The van der Waals surface area contributed by atoms with Crippen molar-refractivity contribution in [3.05, 3.63) is 0 Å². The second-order valence-electron chi connectivity index (χ2n) is 1.38. The fourth-order valence-electron chi connectivity index (χ4n) is 0.149. The molecule has 0 aliphatic carbocycles. The van der Waals surface area contributed by atoms with Crippen molar-refractivity contribution in [2.75, 3.05) is 14.1 Å².